The van der Waals surface area contributed by atoms with Crippen molar-refractivity contribution in [3.8, 4) is 11.3 Å². The molecular formula is C24H28F2N2O. The predicted octanol–water partition coefficient (Wildman–Crippen LogP) is 7.55. The highest BCUT2D eigenvalue weighted by Crippen LogP contribution is 2.30. The van der Waals surface area contributed by atoms with E-state index in [4.69, 9.17) is 0 Å². The van der Waals surface area contributed by atoms with Gasteiger partial charge in [0.05, 0.1) is 11.2 Å². The molecule has 154 valence electrons. The summed E-state index contributed by atoms with van der Waals surface area (Å²) in [5.41, 5.74) is 3.04. The molecule has 0 amide bonds. The maximum absolute atomic E-state index is 13.5. The number of hydrogen-bond acceptors (Lipinski definition) is 2. The van der Waals surface area contributed by atoms with Crippen LogP contribution in [0, 0.1) is 11.6 Å². The summed E-state index contributed by atoms with van der Waals surface area (Å²) in [6, 6.07) is 11.1. The van der Waals surface area contributed by atoms with Crippen LogP contribution in [0.2, 0.25) is 0 Å². The molecule has 0 spiro atoms. The van der Waals surface area contributed by atoms with Gasteiger partial charge in [-0.25, -0.2) is 13.8 Å². The maximum Gasteiger partial charge on any atom is 0.160 e. The molecule has 1 N–H and O–H groups in total. The van der Waals surface area contributed by atoms with E-state index in [0.29, 0.717) is 33.2 Å². The molecule has 0 atom stereocenters. The van der Waals surface area contributed by atoms with Crippen molar-refractivity contribution in [2.45, 2.75) is 41.5 Å². The van der Waals surface area contributed by atoms with Gasteiger partial charge in [0.2, 0.25) is 0 Å². The van der Waals surface area contributed by atoms with Gasteiger partial charge in [-0.2, -0.15) is 0 Å². The number of benzene rings is 2. The van der Waals surface area contributed by atoms with E-state index in [9.17, 15) is 13.6 Å². The van der Waals surface area contributed by atoms with E-state index in [1.807, 2.05) is 41.5 Å². The SMILES string of the molecule is CC.CC.CC.O=Cc1cccc2nc(-c3c[nH]c4cc(F)c(F)cc34)ccc12. The van der Waals surface area contributed by atoms with Crippen LogP contribution in [0.5, 0.6) is 0 Å². The zero-order chi connectivity index (χ0) is 22.0. The minimum absolute atomic E-state index is 0.502. The Morgan fingerprint density at radius 2 is 1.52 bits per heavy atom. The lowest BCUT2D eigenvalue weighted by Gasteiger charge is -2.04. The molecule has 0 bridgehead atoms. The predicted molar refractivity (Wildman–Crippen MR) is 118 cm³/mol. The van der Waals surface area contributed by atoms with Crippen LogP contribution in [0.4, 0.5) is 8.78 Å². The van der Waals surface area contributed by atoms with E-state index in [-0.39, 0.29) is 0 Å². The van der Waals surface area contributed by atoms with Crippen LogP contribution < -0.4 is 0 Å². The Labute approximate surface area is 170 Å². The van der Waals surface area contributed by atoms with Gasteiger partial charge in [-0.05, 0) is 24.3 Å². The van der Waals surface area contributed by atoms with Crippen LogP contribution in [0.25, 0.3) is 33.1 Å². The third-order valence-electron chi connectivity index (χ3n) is 3.89. The van der Waals surface area contributed by atoms with E-state index in [0.717, 1.165) is 23.8 Å². The van der Waals surface area contributed by atoms with Crippen LogP contribution >= 0.6 is 0 Å². The highest BCUT2D eigenvalue weighted by atomic mass is 19.2. The molecular weight excluding hydrogens is 370 g/mol. The molecule has 4 rings (SSSR count). The summed E-state index contributed by atoms with van der Waals surface area (Å²) in [5, 5.41) is 1.31. The highest BCUT2D eigenvalue weighted by Gasteiger charge is 2.12. The minimum Gasteiger partial charge on any atom is -0.360 e. The van der Waals surface area contributed by atoms with Crippen molar-refractivity contribution in [2.24, 2.45) is 0 Å². The number of hydrogen-bond donors (Lipinski definition) is 1. The molecule has 0 aliphatic heterocycles. The van der Waals surface area contributed by atoms with Gasteiger partial charge in [-0.1, -0.05) is 53.7 Å². The Kier molecular flexibility index (Phi) is 9.66. The number of nitrogens with one attached hydrogen (secondary N) is 1. The first-order chi connectivity index (χ1) is 14.2. The summed E-state index contributed by atoms with van der Waals surface area (Å²) < 4.78 is 26.8. The van der Waals surface area contributed by atoms with Gasteiger partial charge in [0, 0.05) is 39.7 Å². The summed E-state index contributed by atoms with van der Waals surface area (Å²) in [5.74, 6) is -1.80. The molecule has 3 nitrogen and oxygen atoms in total. The number of aromatic nitrogens is 2. The van der Waals surface area contributed by atoms with Crippen molar-refractivity contribution in [2.75, 3.05) is 0 Å². The molecule has 0 fully saturated rings. The van der Waals surface area contributed by atoms with E-state index in [1.54, 1.807) is 36.5 Å². The number of nitrogens with zero attached hydrogens (tertiary/aromatic N) is 1. The Hall–Kier alpha value is -3.08. The topological polar surface area (TPSA) is 45.8 Å². The zero-order valence-electron chi connectivity index (χ0n) is 17.8. The first-order valence-corrected chi connectivity index (χ1v) is 9.99. The number of carbonyl (C=O) groups is 1. The minimum atomic E-state index is -0.901. The fourth-order valence-electron chi connectivity index (χ4n) is 2.76. The molecule has 0 radical (unpaired) electrons. The lowest BCUT2D eigenvalue weighted by molar-refractivity contribution is 0.112. The number of halogens is 2. The Morgan fingerprint density at radius 1 is 0.862 bits per heavy atom. The number of H-pyrrole nitrogens is 1. The molecule has 0 saturated carbocycles. The molecule has 2 heterocycles. The molecule has 0 aliphatic rings. The summed E-state index contributed by atoms with van der Waals surface area (Å²) in [6.45, 7) is 12.0. The lowest BCUT2D eigenvalue weighted by atomic mass is 10.1. The van der Waals surface area contributed by atoms with Gasteiger partial charge in [0.1, 0.15) is 0 Å². The smallest absolute Gasteiger partial charge is 0.160 e. The third kappa shape index (κ3) is 5.05. The average Bonchev–Trinajstić information content (AvgIpc) is 3.19. The number of rotatable bonds is 2. The second kappa shape index (κ2) is 11.7. The van der Waals surface area contributed by atoms with Crippen molar-refractivity contribution in [3.05, 3.63) is 65.9 Å². The second-order valence-corrected chi connectivity index (χ2v) is 5.24. The number of aromatic amines is 1. The summed E-state index contributed by atoms with van der Waals surface area (Å²) in [4.78, 5) is 18.5. The van der Waals surface area contributed by atoms with Crippen molar-refractivity contribution in [3.63, 3.8) is 0 Å². The van der Waals surface area contributed by atoms with E-state index in [1.165, 1.54) is 0 Å². The standard InChI is InChI=1S/C18H10F2N2O.3C2H6/c19-14-6-12-13(8-21-18(12)7-15(14)20)17-5-4-11-10(9-23)2-1-3-16(11)22-17;3*1-2/h1-9,21H;3*1-2H3. The quantitative estimate of drug-likeness (QED) is 0.354. The Morgan fingerprint density at radius 3 is 2.17 bits per heavy atom. The molecule has 0 saturated heterocycles. The van der Waals surface area contributed by atoms with Gasteiger partial charge >= 0.3 is 0 Å². The van der Waals surface area contributed by atoms with Crippen LogP contribution in [0.1, 0.15) is 51.9 Å². The normalized spacial score (nSPS) is 9.52. The molecule has 4 aromatic rings. The fraction of sp³-hybridized carbons (Fsp3) is 0.250. The number of fused-ring (bicyclic) bond motifs is 2. The van der Waals surface area contributed by atoms with Gasteiger partial charge in [-0.15, -0.1) is 0 Å². The van der Waals surface area contributed by atoms with Gasteiger partial charge < -0.3 is 4.98 Å². The molecule has 29 heavy (non-hydrogen) atoms. The van der Waals surface area contributed by atoms with Gasteiger partial charge in [0.25, 0.3) is 0 Å². The fourth-order valence-corrected chi connectivity index (χ4v) is 2.76. The summed E-state index contributed by atoms with van der Waals surface area (Å²) in [6.07, 6.45) is 2.45. The average molecular weight is 398 g/mol. The van der Waals surface area contributed by atoms with E-state index >= 15 is 0 Å². The largest absolute Gasteiger partial charge is 0.360 e. The number of carbonyl (C=O) groups excluding carboxylic acids is 1. The Balaban J connectivity index is 0.000000644. The van der Waals surface area contributed by atoms with Crippen molar-refractivity contribution in [1.82, 2.24) is 9.97 Å². The molecule has 0 unspecified atom stereocenters. The molecule has 5 heteroatoms. The first kappa shape index (κ1) is 24.0. The van der Waals surface area contributed by atoms with Gasteiger partial charge in [0.15, 0.2) is 17.9 Å². The van der Waals surface area contributed by atoms with Crippen LogP contribution in [-0.2, 0) is 0 Å². The maximum atomic E-state index is 13.5. The van der Waals surface area contributed by atoms with Crippen LogP contribution in [-0.4, -0.2) is 16.3 Å². The molecule has 2 aromatic heterocycles. The Bertz CT molecular complexity index is 1070. The van der Waals surface area contributed by atoms with Crippen molar-refractivity contribution < 1.29 is 13.6 Å². The summed E-state index contributed by atoms with van der Waals surface area (Å²) >= 11 is 0. The monoisotopic (exact) mass is 398 g/mol. The second-order valence-electron chi connectivity index (χ2n) is 5.24. The number of pyridine rings is 1. The van der Waals surface area contributed by atoms with Gasteiger partial charge in [-0.3, -0.25) is 4.79 Å². The molecule has 2 aromatic carbocycles. The van der Waals surface area contributed by atoms with Crippen molar-refractivity contribution in [1.29, 1.82) is 0 Å². The zero-order valence-corrected chi connectivity index (χ0v) is 17.8. The van der Waals surface area contributed by atoms with Crippen LogP contribution in [0.15, 0.2) is 48.7 Å². The van der Waals surface area contributed by atoms with Crippen molar-refractivity contribution >= 4 is 28.1 Å². The lowest BCUT2D eigenvalue weighted by Crippen LogP contribution is -1.89. The highest BCUT2D eigenvalue weighted by molar-refractivity contribution is 5.99. The number of aldehydes is 1. The summed E-state index contributed by atoms with van der Waals surface area (Å²) in [7, 11) is 0. The first-order valence-electron chi connectivity index (χ1n) is 9.99. The molecule has 0 aliphatic carbocycles. The van der Waals surface area contributed by atoms with E-state index in [2.05, 4.69) is 9.97 Å². The van der Waals surface area contributed by atoms with Crippen LogP contribution in [0.3, 0.4) is 0 Å². The third-order valence-corrected chi connectivity index (χ3v) is 3.89. The van der Waals surface area contributed by atoms with E-state index < -0.39 is 11.6 Å².